The highest BCUT2D eigenvalue weighted by Gasteiger charge is 1.96. The summed E-state index contributed by atoms with van der Waals surface area (Å²) in [6, 6.07) is 9.48. The van der Waals surface area contributed by atoms with Crippen LogP contribution in [-0.4, -0.2) is 15.7 Å². The Hall–Kier alpha value is -2.23. The first kappa shape index (κ1) is 10.3. The SMILES string of the molecule is CC(=NNc1ccccn1)c1cccnc1. The number of nitrogens with one attached hydrogen (secondary N) is 1. The van der Waals surface area contributed by atoms with Crippen LogP contribution in [0.1, 0.15) is 12.5 Å². The molecule has 0 aliphatic rings. The molecule has 0 radical (unpaired) electrons. The number of aromatic nitrogens is 2. The van der Waals surface area contributed by atoms with Crippen LogP contribution in [0.3, 0.4) is 0 Å². The van der Waals surface area contributed by atoms with Crippen molar-refractivity contribution in [2.75, 3.05) is 5.43 Å². The molecule has 4 nitrogen and oxygen atoms in total. The summed E-state index contributed by atoms with van der Waals surface area (Å²) in [5.41, 5.74) is 4.76. The van der Waals surface area contributed by atoms with E-state index in [9.17, 15) is 0 Å². The number of pyridine rings is 2. The lowest BCUT2D eigenvalue weighted by atomic mass is 10.2. The minimum atomic E-state index is 0.728. The largest absolute Gasteiger partial charge is 0.264 e. The molecule has 0 aliphatic heterocycles. The third-order valence-electron chi connectivity index (χ3n) is 2.08. The van der Waals surface area contributed by atoms with Crippen molar-refractivity contribution < 1.29 is 0 Å². The second-order valence-corrected chi connectivity index (χ2v) is 3.27. The average Bonchev–Trinajstić information content (AvgIpc) is 2.38. The molecule has 0 aliphatic carbocycles. The molecule has 2 aromatic rings. The molecule has 0 spiro atoms. The summed E-state index contributed by atoms with van der Waals surface area (Å²) in [4.78, 5) is 8.15. The van der Waals surface area contributed by atoms with E-state index in [-0.39, 0.29) is 0 Å². The van der Waals surface area contributed by atoms with Crippen molar-refractivity contribution in [1.29, 1.82) is 0 Å². The van der Waals surface area contributed by atoms with Gasteiger partial charge in [0.05, 0.1) is 5.71 Å². The van der Waals surface area contributed by atoms with Crippen LogP contribution in [0.4, 0.5) is 5.82 Å². The lowest BCUT2D eigenvalue weighted by Crippen LogP contribution is -2.00. The number of rotatable bonds is 3. The van der Waals surface area contributed by atoms with Gasteiger partial charge in [-0.25, -0.2) is 4.98 Å². The zero-order chi connectivity index (χ0) is 11.2. The molecule has 0 fully saturated rings. The van der Waals surface area contributed by atoms with Gasteiger partial charge in [-0.05, 0) is 25.1 Å². The van der Waals surface area contributed by atoms with Crippen LogP contribution in [0.15, 0.2) is 54.0 Å². The highest BCUT2D eigenvalue weighted by molar-refractivity contribution is 5.98. The lowest BCUT2D eigenvalue weighted by molar-refractivity contribution is 1.21. The van der Waals surface area contributed by atoms with E-state index < -0.39 is 0 Å². The van der Waals surface area contributed by atoms with Gasteiger partial charge in [-0.2, -0.15) is 5.10 Å². The molecule has 2 rings (SSSR count). The van der Waals surface area contributed by atoms with Crippen LogP contribution in [0.5, 0.6) is 0 Å². The maximum absolute atomic E-state index is 4.23. The van der Waals surface area contributed by atoms with Crippen LogP contribution < -0.4 is 5.43 Å². The van der Waals surface area contributed by atoms with Gasteiger partial charge in [-0.15, -0.1) is 0 Å². The van der Waals surface area contributed by atoms with Crippen LogP contribution in [0.25, 0.3) is 0 Å². The van der Waals surface area contributed by atoms with E-state index in [1.807, 2.05) is 37.3 Å². The number of hydrogen-bond donors (Lipinski definition) is 1. The first-order valence-electron chi connectivity index (χ1n) is 4.98. The van der Waals surface area contributed by atoms with Gasteiger partial charge in [0.1, 0.15) is 5.82 Å². The van der Waals surface area contributed by atoms with Crippen molar-refractivity contribution in [2.24, 2.45) is 5.10 Å². The van der Waals surface area contributed by atoms with Crippen molar-refractivity contribution in [2.45, 2.75) is 6.92 Å². The Balaban J connectivity index is 2.09. The van der Waals surface area contributed by atoms with Crippen LogP contribution in [0, 0.1) is 0 Å². The summed E-state index contributed by atoms with van der Waals surface area (Å²) in [5.74, 6) is 0.728. The Bertz CT molecular complexity index is 465. The third-order valence-corrected chi connectivity index (χ3v) is 2.08. The van der Waals surface area contributed by atoms with Crippen molar-refractivity contribution in [3.63, 3.8) is 0 Å². The smallest absolute Gasteiger partial charge is 0.146 e. The fraction of sp³-hybridized carbons (Fsp3) is 0.0833. The maximum Gasteiger partial charge on any atom is 0.146 e. The Labute approximate surface area is 94.1 Å². The van der Waals surface area contributed by atoms with Gasteiger partial charge in [-0.3, -0.25) is 10.4 Å². The number of hydrogen-bond acceptors (Lipinski definition) is 4. The number of hydrazone groups is 1. The van der Waals surface area contributed by atoms with E-state index in [0.29, 0.717) is 0 Å². The number of anilines is 1. The molecule has 4 heteroatoms. The second-order valence-electron chi connectivity index (χ2n) is 3.27. The topological polar surface area (TPSA) is 50.2 Å². The summed E-state index contributed by atoms with van der Waals surface area (Å²) in [6.45, 7) is 1.92. The predicted molar refractivity (Wildman–Crippen MR) is 64.3 cm³/mol. The van der Waals surface area contributed by atoms with Gasteiger partial charge in [0.25, 0.3) is 0 Å². The Morgan fingerprint density at radius 2 is 2.12 bits per heavy atom. The molecule has 0 unspecified atom stereocenters. The zero-order valence-electron chi connectivity index (χ0n) is 8.96. The Kier molecular flexibility index (Phi) is 3.23. The molecular weight excluding hydrogens is 200 g/mol. The molecule has 0 atom stereocenters. The Morgan fingerprint density at radius 3 is 2.81 bits per heavy atom. The second kappa shape index (κ2) is 5.02. The van der Waals surface area contributed by atoms with E-state index in [1.54, 1.807) is 18.6 Å². The molecule has 2 aromatic heterocycles. The van der Waals surface area contributed by atoms with E-state index in [1.165, 1.54) is 0 Å². The van der Waals surface area contributed by atoms with Gasteiger partial charge >= 0.3 is 0 Å². The normalized spacial score (nSPS) is 11.2. The summed E-state index contributed by atoms with van der Waals surface area (Å²) in [7, 11) is 0. The van der Waals surface area contributed by atoms with E-state index >= 15 is 0 Å². The first-order valence-corrected chi connectivity index (χ1v) is 4.98. The monoisotopic (exact) mass is 212 g/mol. The highest BCUT2D eigenvalue weighted by Crippen LogP contribution is 2.02. The van der Waals surface area contributed by atoms with Gasteiger partial charge < -0.3 is 0 Å². The quantitative estimate of drug-likeness (QED) is 0.627. The van der Waals surface area contributed by atoms with Gasteiger partial charge in [0.2, 0.25) is 0 Å². The van der Waals surface area contributed by atoms with Crippen molar-refractivity contribution in [3.05, 3.63) is 54.5 Å². The first-order chi connectivity index (χ1) is 7.86. The summed E-state index contributed by atoms with van der Waals surface area (Å²) >= 11 is 0. The van der Waals surface area contributed by atoms with E-state index in [4.69, 9.17) is 0 Å². The molecule has 0 amide bonds. The van der Waals surface area contributed by atoms with Crippen LogP contribution in [-0.2, 0) is 0 Å². The van der Waals surface area contributed by atoms with Gasteiger partial charge in [0.15, 0.2) is 0 Å². The standard InChI is InChI=1S/C12H12N4/c1-10(11-5-4-7-13-9-11)15-16-12-6-2-3-8-14-12/h2-9H,1H3,(H,14,16). The molecule has 0 bridgehead atoms. The van der Waals surface area contributed by atoms with Crippen molar-refractivity contribution >= 4 is 11.5 Å². The molecule has 0 saturated carbocycles. The highest BCUT2D eigenvalue weighted by atomic mass is 15.3. The van der Waals surface area contributed by atoms with E-state index in [0.717, 1.165) is 17.1 Å². The molecule has 80 valence electrons. The maximum atomic E-state index is 4.23. The van der Waals surface area contributed by atoms with Gasteiger partial charge in [-0.1, -0.05) is 12.1 Å². The minimum absolute atomic E-state index is 0.728. The number of nitrogens with zero attached hydrogens (tertiary/aromatic N) is 3. The van der Waals surface area contributed by atoms with Crippen molar-refractivity contribution in [3.8, 4) is 0 Å². The predicted octanol–water partition coefficient (Wildman–Crippen LogP) is 2.31. The molecule has 0 aromatic carbocycles. The molecule has 2 heterocycles. The zero-order valence-corrected chi connectivity index (χ0v) is 8.96. The third kappa shape index (κ3) is 2.63. The summed E-state index contributed by atoms with van der Waals surface area (Å²) < 4.78 is 0. The lowest BCUT2D eigenvalue weighted by Gasteiger charge is -2.01. The van der Waals surface area contributed by atoms with Crippen LogP contribution >= 0.6 is 0 Å². The summed E-state index contributed by atoms with van der Waals surface area (Å²) in [6.07, 6.45) is 5.24. The molecule has 16 heavy (non-hydrogen) atoms. The fourth-order valence-electron chi connectivity index (χ4n) is 1.21. The van der Waals surface area contributed by atoms with Gasteiger partial charge in [0, 0.05) is 24.2 Å². The van der Waals surface area contributed by atoms with Crippen molar-refractivity contribution in [1.82, 2.24) is 9.97 Å². The molecule has 1 N–H and O–H groups in total. The average molecular weight is 212 g/mol. The summed E-state index contributed by atoms with van der Waals surface area (Å²) in [5, 5.41) is 4.23. The fourth-order valence-corrected chi connectivity index (χ4v) is 1.21. The van der Waals surface area contributed by atoms with E-state index in [2.05, 4.69) is 20.5 Å². The molecule has 0 saturated heterocycles. The van der Waals surface area contributed by atoms with Crippen LogP contribution in [0.2, 0.25) is 0 Å². The minimum Gasteiger partial charge on any atom is -0.264 e. The molecular formula is C12H12N4. The Morgan fingerprint density at radius 1 is 1.19 bits per heavy atom.